The van der Waals surface area contributed by atoms with Crippen molar-refractivity contribution in [1.29, 1.82) is 0 Å². The molecule has 4 heteroatoms. The van der Waals surface area contributed by atoms with E-state index in [2.05, 4.69) is 0 Å². The molecule has 0 N–H and O–H groups in total. The third kappa shape index (κ3) is 2.01. The second-order valence-corrected chi connectivity index (χ2v) is 6.16. The zero-order valence-electron chi connectivity index (χ0n) is 12.2. The fraction of sp³-hybridized carbons (Fsp3) is 0.471. The van der Waals surface area contributed by atoms with Crippen LogP contribution in [0.3, 0.4) is 0 Å². The average molecular weight is 286 g/mol. The summed E-state index contributed by atoms with van der Waals surface area (Å²) in [5, 5.41) is 0. The van der Waals surface area contributed by atoms with Gasteiger partial charge in [-0.2, -0.15) is 0 Å². The summed E-state index contributed by atoms with van der Waals surface area (Å²) in [5.41, 5.74) is 1.06. The van der Waals surface area contributed by atoms with Gasteiger partial charge in [0.25, 0.3) is 0 Å². The maximum Gasteiger partial charge on any atom is 0.166 e. The van der Waals surface area contributed by atoms with E-state index in [0.717, 1.165) is 24.0 Å². The van der Waals surface area contributed by atoms with Crippen LogP contribution in [0.1, 0.15) is 35.7 Å². The summed E-state index contributed by atoms with van der Waals surface area (Å²) in [7, 11) is 1.60. The number of ketones is 2. The number of aryl methyl sites for hydroxylation is 1. The molecule has 0 heterocycles. The molecule has 2 aliphatic carbocycles. The van der Waals surface area contributed by atoms with Gasteiger partial charge in [-0.15, -0.1) is 0 Å². The number of hydrogen-bond acceptors (Lipinski definition) is 4. The Hall–Kier alpha value is -1.97. The van der Waals surface area contributed by atoms with E-state index in [1.54, 1.807) is 26.2 Å². The number of rotatable bonds is 4. The summed E-state index contributed by atoms with van der Waals surface area (Å²) in [6, 6.07) is 5.45. The highest BCUT2D eigenvalue weighted by molar-refractivity contribution is 6.11. The summed E-state index contributed by atoms with van der Waals surface area (Å²) in [6.45, 7) is 1.80. The molecular weight excluding hydrogens is 268 g/mol. The van der Waals surface area contributed by atoms with Crippen molar-refractivity contribution >= 4 is 17.9 Å². The molecule has 1 saturated carbocycles. The van der Waals surface area contributed by atoms with Crippen LogP contribution in [0.4, 0.5) is 0 Å². The van der Waals surface area contributed by atoms with Gasteiger partial charge in [-0.1, -0.05) is 6.92 Å². The predicted molar refractivity (Wildman–Crippen MR) is 76.4 cm³/mol. The van der Waals surface area contributed by atoms with Gasteiger partial charge < -0.3 is 9.53 Å². The Morgan fingerprint density at radius 2 is 2.14 bits per heavy atom. The maximum atomic E-state index is 12.7. The first-order valence-corrected chi connectivity index (χ1v) is 7.22. The van der Waals surface area contributed by atoms with E-state index in [1.807, 2.05) is 6.07 Å². The first-order chi connectivity index (χ1) is 10.0. The molecule has 3 atom stereocenters. The average Bonchev–Trinajstić information content (AvgIpc) is 3.00. The van der Waals surface area contributed by atoms with Gasteiger partial charge in [-0.05, 0) is 36.6 Å². The van der Waals surface area contributed by atoms with E-state index in [4.69, 9.17) is 4.74 Å². The summed E-state index contributed by atoms with van der Waals surface area (Å²) < 4.78 is 5.18. The van der Waals surface area contributed by atoms with Gasteiger partial charge in [0, 0.05) is 29.2 Å². The van der Waals surface area contributed by atoms with Gasteiger partial charge in [-0.3, -0.25) is 9.59 Å². The van der Waals surface area contributed by atoms with Gasteiger partial charge in [0.1, 0.15) is 17.8 Å². The fourth-order valence-electron chi connectivity index (χ4n) is 3.61. The first-order valence-electron chi connectivity index (χ1n) is 7.22. The lowest BCUT2D eigenvalue weighted by molar-refractivity contribution is -0.116. The molecule has 0 bridgehead atoms. The molecule has 0 aromatic heterocycles. The van der Waals surface area contributed by atoms with Crippen molar-refractivity contribution in [2.24, 2.45) is 17.3 Å². The molecule has 1 aromatic rings. The summed E-state index contributed by atoms with van der Waals surface area (Å²) >= 11 is 0. The smallest absolute Gasteiger partial charge is 0.166 e. The van der Waals surface area contributed by atoms with Crippen molar-refractivity contribution < 1.29 is 19.1 Å². The van der Waals surface area contributed by atoms with Crippen molar-refractivity contribution in [2.45, 2.75) is 26.2 Å². The molecule has 0 amide bonds. The minimum atomic E-state index is -0.619. The van der Waals surface area contributed by atoms with Crippen LogP contribution in [-0.4, -0.2) is 25.0 Å². The van der Waals surface area contributed by atoms with Gasteiger partial charge in [0.05, 0.1) is 7.11 Å². The van der Waals surface area contributed by atoms with Crippen LogP contribution in [-0.2, 0) is 16.0 Å². The van der Waals surface area contributed by atoms with Crippen molar-refractivity contribution in [2.75, 3.05) is 7.11 Å². The largest absolute Gasteiger partial charge is 0.497 e. The van der Waals surface area contributed by atoms with Gasteiger partial charge in [0.2, 0.25) is 0 Å². The Bertz CT molecular complexity index is 634. The number of aldehydes is 1. The minimum Gasteiger partial charge on any atom is -0.497 e. The molecule has 110 valence electrons. The van der Waals surface area contributed by atoms with Crippen LogP contribution in [0, 0.1) is 17.3 Å². The molecule has 0 saturated heterocycles. The second-order valence-electron chi connectivity index (χ2n) is 6.16. The number of methoxy groups -OCH3 is 1. The molecule has 0 aliphatic heterocycles. The zero-order valence-corrected chi connectivity index (χ0v) is 12.2. The third-order valence-corrected chi connectivity index (χ3v) is 5.00. The third-order valence-electron chi connectivity index (χ3n) is 5.00. The van der Waals surface area contributed by atoms with Crippen molar-refractivity contribution in [3.8, 4) is 5.75 Å². The van der Waals surface area contributed by atoms with Crippen LogP contribution in [0.15, 0.2) is 18.2 Å². The normalized spacial score (nSPS) is 30.8. The summed E-state index contributed by atoms with van der Waals surface area (Å²) in [6.07, 6.45) is 2.44. The molecule has 0 spiro atoms. The maximum absolute atomic E-state index is 12.7. The highest BCUT2D eigenvalue weighted by atomic mass is 16.5. The SMILES string of the molecule is COc1ccc2c(c1)CC[C@H]([C@@H]1C(=O)[C@@]1(C)CC=O)C2=O. The van der Waals surface area contributed by atoms with Crippen molar-refractivity contribution in [1.82, 2.24) is 0 Å². The molecule has 4 nitrogen and oxygen atoms in total. The number of benzene rings is 1. The van der Waals surface area contributed by atoms with Gasteiger partial charge in [-0.25, -0.2) is 0 Å². The molecular formula is C17H18O4. The lowest BCUT2D eigenvalue weighted by Gasteiger charge is -2.24. The minimum absolute atomic E-state index is 0.0341. The summed E-state index contributed by atoms with van der Waals surface area (Å²) in [5.74, 6) is 0.277. The van der Waals surface area contributed by atoms with E-state index >= 15 is 0 Å². The van der Waals surface area contributed by atoms with E-state index in [0.29, 0.717) is 12.0 Å². The van der Waals surface area contributed by atoms with Gasteiger partial charge >= 0.3 is 0 Å². The Kier molecular flexibility index (Phi) is 3.19. The van der Waals surface area contributed by atoms with Crippen LogP contribution in [0.25, 0.3) is 0 Å². The first kappa shape index (κ1) is 14.0. The van der Waals surface area contributed by atoms with Crippen molar-refractivity contribution in [3.05, 3.63) is 29.3 Å². The van der Waals surface area contributed by atoms with E-state index in [-0.39, 0.29) is 29.8 Å². The number of ether oxygens (including phenoxy) is 1. The molecule has 1 aromatic carbocycles. The molecule has 21 heavy (non-hydrogen) atoms. The Labute approximate surface area is 123 Å². The number of fused-ring (bicyclic) bond motifs is 1. The number of Topliss-reactive ketones (excluding diaryl/α,β-unsaturated/α-hetero) is 2. The highest BCUT2D eigenvalue weighted by Gasteiger charge is 2.65. The van der Waals surface area contributed by atoms with Crippen LogP contribution in [0.2, 0.25) is 0 Å². The number of carbonyl (C=O) groups excluding carboxylic acids is 3. The van der Waals surface area contributed by atoms with Crippen LogP contribution < -0.4 is 4.74 Å². The quantitative estimate of drug-likeness (QED) is 0.796. The van der Waals surface area contributed by atoms with E-state index < -0.39 is 5.41 Å². The molecule has 2 aliphatic rings. The Morgan fingerprint density at radius 3 is 2.81 bits per heavy atom. The van der Waals surface area contributed by atoms with Gasteiger partial charge in [0.15, 0.2) is 5.78 Å². The monoisotopic (exact) mass is 286 g/mol. The Balaban J connectivity index is 1.87. The lowest BCUT2D eigenvalue weighted by Crippen LogP contribution is -2.26. The molecule has 3 rings (SSSR count). The second kappa shape index (κ2) is 4.79. The fourth-order valence-corrected chi connectivity index (χ4v) is 3.61. The lowest BCUT2D eigenvalue weighted by atomic mass is 9.78. The zero-order chi connectivity index (χ0) is 15.2. The standard InChI is InChI=1S/C17H18O4/c1-17(7-8-18)14(16(17)20)13-5-3-10-9-11(21-2)4-6-12(10)15(13)19/h4,6,8-9,13-14H,3,5,7H2,1-2H3/t13-,14-,17+/m1/s1. The van der Waals surface area contributed by atoms with E-state index in [9.17, 15) is 14.4 Å². The Morgan fingerprint density at radius 1 is 1.38 bits per heavy atom. The van der Waals surface area contributed by atoms with E-state index in [1.165, 1.54) is 0 Å². The number of carbonyl (C=O) groups is 3. The van der Waals surface area contributed by atoms with Crippen LogP contribution in [0.5, 0.6) is 5.75 Å². The highest BCUT2D eigenvalue weighted by Crippen LogP contribution is 2.56. The molecule has 1 fully saturated rings. The molecule has 0 unspecified atom stereocenters. The number of hydrogen-bond donors (Lipinski definition) is 0. The van der Waals surface area contributed by atoms with Crippen LogP contribution >= 0.6 is 0 Å². The topological polar surface area (TPSA) is 60.4 Å². The van der Waals surface area contributed by atoms with Crippen molar-refractivity contribution in [3.63, 3.8) is 0 Å². The summed E-state index contributed by atoms with van der Waals surface area (Å²) in [4.78, 5) is 35.4. The molecule has 0 radical (unpaired) electrons. The predicted octanol–water partition coefficient (Wildman–Crippen LogP) is 2.23.